The van der Waals surface area contributed by atoms with E-state index in [-0.39, 0.29) is 49.0 Å². The highest BCUT2D eigenvalue weighted by Crippen LogP contribution is 2.41. The maximum atomic E-state index is 13.4. The molecular formula is C26H29Cl2FN4O2. The molecule has 1 aliphatic carbocycles. The quantitative estimate of drug-likeness (QED) is 0.412. The first-order valence-corrected chi connectivity index (χ1v) is 11.1. The molecular weight excluding hydrogens is 490 g/mol. The van der Waals surface area contributed by atoms with Gasteiger partial charge >= 0.3 is 0 Å². The van der Waals surface area contributed by atoms with Gasteiger partial charge in [0.25, 0.3) is 5.91 Å². The van der Waals surface area contributed by atoms with E-state index in [0.29, 0.717) is 11.3 Å². The summed E-state index contributed by atoms with van der Waals surface area (Å²) in [4.78, 5) is 29.5. The molecule has 9 heteroatoms. The van der Waals surface area contributed by atoms with Crippen LogP contribution in [-0.4, -0.2) is 23.3 Å². The number of carbonyl (C=O) groups is 2. The number of hydrogen-bond donors (Lipinski definition) is 3. The number of nitrogens with two attached hydrogens (primary N) is 1. The van der Waals surface area contributed by atoms with Gasteiger partial charge in [-0.3, -0.25) is 14.6 Å². The van der Waals surface area contributed by atoms with Crippen molar-refractivity contribution in [2.45, 2.75) is 37.1 Å². The van der Waals surface area contributed by atoms with Gasteiger partial charge in [-0.2, -0.15) is 0 Å². The van der Waals surface area contributed by atoms with Gasteiger partial charge in [-0.05, 0) is 60.4 Å². The molecule has 186 valence electrons. The molecule has 1 fully saturated rings. The van der Waals surface area contributed by atoms with Gasteiger partial charge in [0.05, 0.1) is 5.41 Å². The van der Waals surface area contributed by atoms with Crippen molar-refractivity contribution in [1.82, 2.24) is 10.3 Å². The maximum Gasteiger partial charge on any atom is 0.255 e. The third-order valence-electron chi connectivity index (χ3n) is 6.31. The molecule has 1 aliphatic rings. The zero-order valence-corrected chi connectivity index (χ0v) is 20.7. The molecule has 35 heavy (non-hydrogen) atoms. The molecule has 0 spiro atoms. The molecule has 4 N–H and O–H groups in total. The third kappa shape index (κ3) is 6.57. The number of halogens is 3. The zero-order valence-electron chi connectivity index (χ0n) is 19.1. The van der Waals surface area contributed by atoms with Gasteiger partial charge < -0.3 is 16.4 Å². The number of amides is 2. The number of hydrogen-bond acceptors (Lipinski definition) is 4. The standard InChI is InChI=1S/C26H27FN4O2.2ClH/c27-21-9-7-20(8-10-21)26(13-1-2-14-26)25(33)30-17-23(28)18-3-5-19(6-4-18)24(32)31-22-11-15-29-16-12-22;;/h3-12,15-16,23H,1-2,13-14,17,28H2,(H,30,33)(H,29,31,32);2*1H/t23-;;/m0../s1. The van der Waals surface area contributed by atoms with Gasteiger partial charge in [-0.15, -0.1) is 24.8 Å². The van der Waals surface area contributed by atoms with Gasteiger partial charge in [-0.1, -0.05) is 37.1 Å². The lowest BCUT2D eigenvalue weighted by Crippen LogP contribution is -2.44. The lowest BCUT2D eigenvalue weighted by atomic mass is 9.78. The van der Waals surface area contributed by atoms with Crippen LogP contribution in [0.15, 0.2) is 73.1 Å². The second-order valence-corrected chi connectivity index (χ2v) is 8.42. The summed E-state index contributed by atoms with van der Waals surface area (Å²) in [6.07, 6.45) is 6.61. The van der Waals surface area contributed by atoms with Crippen LogP contribution < -0.4 is 16.4 Å². The Bertz CT molecular complexity index is 1110. The van der Waals surface area contributed by atoms with Crippen LogP contribution in [0.25, 0.3) is 0 Å². The number of benzene rings is 2. The number of rotatable bonds is 7. The summed E-state index contributed by atoms with van der Waals surface area (Å²) in [5.41, 5.74) is 8.52. The zero-order chi connectivity index (χ0) is 23.3. The van der Waals surface area contributed by atoms with Gasteiger partial charge in [0.2, 0.25) is 5.91 Å². The summed E-state index contributed by atoms with van der Waals surface area (Å²) < 4.78 is 13.4. The van der Waals surface area contributed by atoms with Gasteiger partial charge in [-0.25, -0.2) is 4.39 Å². The molecule has 1 aromatic heterocycles. The van der Waals surface area contributed by atoms with E-state index < -0.39 is 11.5 Å². The van der Waals surface area contributed by atoms with Gasteiger partial charge in [0.1, 0.15) is 5.82 Å². The Morgan fingerprint density at radius 1 is 0.943 bits per heavy atom. The predicted octanol–water partition coefficient (Wildman–Crippen LogP) is 4.94. The van der Waals surface area contributed by atoms with Crippen molar-refractivity contribution in [3.63, 3.8) is 0 Å². The van der Waals surface area contributed by atoms with E-state index in [4.69, 9.17) is 5.73 Å². The Labute approximate surface area is 216 Å². The second-order valence-electron chi connectivity index (χ2n) is 8.42. The summed E-state index contributed by atoms with van der Waals surface area (Å²) in [5.74, 6) is -0.611. The number of nitrogens with one attached hydrogen (secondary N) is 2. The van der Waals surface area contributed by atoms with Crippen LogP contribution in [0.4, 0.5) is 10.1 Å². The average molecular weight is 519 g/mol. The van der Waals surface area contributed by atoms with Gasteiger partial charge in [0.15, 0.2) is 0 Å². The van der Waals surface area contributed by atoms with Crippen LogP contribution in [0, 0.1) is 5.82 Å². The Kier molecular flexibility index (Phi) is 10.2. The van der Waals surface area contributed by atoms with E-state index in [1.807, 2.05) is 0 Å². The van der Waals surface area contributed by atoms with Crippen LogP contribution in [0.1, 0.15) is 53.2 Å². The number of aromatic nitrogens is 1. The minimum Gasteiger partial charge on any atom is -0.353 e. The molecule has 0 bridgehead atoms. The Morgan fingerprint density at radius 3 is 2.14 bits per heavy atom. The molecule has 1 heterocycles. The lowest BCUT2D eigenvalue weighted by molar-refractivity contribution is -0.126. The first-order chi connectivity index (χ1) is 16.0. The number of pyridine rings is 1. The highest BCUT2D eigenvalue weighted by molar-refractivity contribution is 6.04. The molecule has 0 unspecified atom stereocenters. The number of nitrogens with zero attached hydrogens (tertiary/aromatic N) is 1. The van der Waals surface area contributed by atoms with Crippen LogP contribution in [0.3, 0.4) is 0 Å². The molecule has 0 saturated heterocycles. The van der Waals surface area contributed by atoms with Crippen molar-refractivity contribution in [3.8, 4) is 0 Å². The topological polar surface area (TPSA) is 97.1 Å². The van der Waals surface area contributed by atoms with Crippen LogP contribution in [0.2, 0.25) is 0 Å². The first-order valence-electron chi connectivity index (χ1n) is 11.1. The predicted molar refractivity (Wildman–Crippen MR) is 140 cm³/mol. The maximum absolute atomic E-state index is 13.4. The van der Waals surface area contributed by atoms with Crippen molar-refractivity contribution in [2.75, 3.05) is 11.9 Å². The smallest absolute Gasteiger partial charge is 0.255 e. The Morgan fingerprint density at radius 2 is 1.54 bits per heavy atom. The van der Waals surface area contributed by atoms with Crippen LogP contribution >= 0.6 is 24.8 Å². The fraction of sp³-hybridized carbons (Fsp3) is 0.269. The summed E-state index contributed by atoms with van der Waals surface area (Å²) >= 11 is 0. The molecule has 1 saturated carbocycles. The monoisotopic (exact) mass is 518 g/mol. The van der Waals surface area contributed by atoms with E-state index in [2.05, 4.69) is 15.6 Å². The van der Waals surface area contributed by atoms with Crippen molar-refractivity contribution in [2.24, 2.45) is 5.73 Å². The normalized spacial score (nSPS) is 14.7. The minimum absolute atomic E-state index is 0. The van der Waals surface area contributed by atoms with Crippen molar-refractivity contribution >= 4 is 42.3 Å². The molecule has 2 aromatic carbocycles. The summed E-state index contributed by atoms with van der Waals surface area (Å²) in [5, 5.41) is 5.81. The summed E-state index contributed by atoms with van der Waals surface area (Å²) in [6.45, 7) is 0.268. The van der Waals surface area contributed by atoms with E-state index >= 15 is 0 Å². The fourth-order valence-corrected chi connectivity index (χ4v) is 4.40. The molecule has 1 atom stereocenters. The molecule has 0 aliphatic heterocycles. The number of carbonyl (C=O) groups excluding carboxylic acids is 2. The van der Waals surface area contributed by atoms with E-state index in [0.717, 1.165) is 36.8 Å². The van der Waals surface area contributed by atoms with Crippen molar-refractivity contribution < 1.29 is 14.0 Å². The van der Waals surface area contributed by atoms with E-state index in [1.54, 1.807) is 60.9 Å². The largest absolute Gasteiger partial charge is 0.353 e. The Balaban J connectivity index is 0.00000216. The van der Waals surface area contributed by atoms with Crippen molar-refractivity contribution in [1.29, 1.82) is 0 Å². The summed E-state index contributed by atoms with van der Waals surface area (Å²) in [6, 6.07) is 16.2. The SMILES string of the molecule is Cl.Cl.N[C@@H](CNC(=O)C1(c2ccc(F)cc2)CCCC1)c1ccc(C(=O)Nc2ccncc2)cc1. The van der Waals surface area contributed by atoms with E-state index in [9.17, 15) is 14.0 Å². The van der Waals surface area contributed by atoms with E-state index in [1.165, 1.54) is 12.1 Å². The fourth-order valence-electron chi connectivity index (χ4n) is 4.40. The highest BCUT2D eigenvalue weighted by atomic mass is 35.5. The third-order valence-corrected chi connectivity index (χ3v) is 6.31. The van der Waals surface area contributed by atoms with Crippen LogP contribution in [0.5, 0.6) is 0 Å². The number of anilines is 1. The average Bonchev–Trinajstić information content (AvgIpc) is 3.35. The molecule has 6 nitrogen and oxygen atoms in total. The molecule has 0 radical (unpaired) electrons. The summed E-state index contributed by atoms with van der Waals surface area (Å²) in [7, 11) is 0. The van der Waals surface area contributed by atoms with Gasteiger partial charge in [0, 0.05) is 36.2 Å². The lowest BCUT2D eigenvalue weighted by Gasteiger charge is -2.29. The van der Waals surface area contributed by atoms with Crippen molar-refractivity contribution in [3.05, 3.63) is 95.6 Å². The molecule has 4 rings (SSSR count). The second kappa shape index (κ2) is 12.6. The molecule has 3 aromatic rings. The highest BCUT2D eigenvalue weighted by Gasteiger charge is 2.42. The van der Waals surface area contributed by atoms with Crippen LogP contribution in [-0.2, 0) is 10.2 Å². The Hall–Kier alpha value is -3.00. The first kappa shape index (κ1) is 28.2. The minimum atomic E-state index is -0.637. The molecule has 2 amide bonds.